The normalized spacial score (nSPS) is 8.90. The van der Waals surface area contributed by atoms with Gasteiger partial charge >= 0.3 is 7.69 Å². The fraction of sp³-hybridized carbons (Fsp3) is 0. The maximum absolute atomic E-state index is 4.88. The molecule has 0 amide bonds. The van der Waals surface area contributed by atoms with Crippen LogP contribution in [0.15, 0.2) is 30.3 Å². The fourth-order valence-corrected chi connectivity index (χ4v) is 0.609. The van der Waals surface area contributed by atoms with Gasteiger partial charge in [-0.3, -0.25) is 4.21 Å². The zero-order valence-electron chi connectivity index (χ0n) is 5.16. The monoisotopic (exact) mass is 155 g/mol. The van der Waals surface area contributed by atoms with Crippen molar-refractivity contribution in [2.24, 2.45) is 0 Å². The number of para-hydroxylation sites is 1. The second-order valence-corrected chi connectivity index (χ2v) is 1.79. The summed E-state index contributed by atoms with van der Waals surface area (Å²) in [7, 11) is 1.05. The van der Waals surface area contributed by atoms with Crippen LogP contribution in [0, 0.1) is 0 Å². The first-order valence-corrected chi connectivity index (χ1v) is 3.05. The molecule has 0 aliphatic heterocycles. The average Bonchev–Trinajstić information content (AvgIpc) is 2.03. The van der Waals surface area contributed by atoms with E-state index < -0.39 is 0 Å². The van der Waals surface area contributed by atoms with Gasteiger partial charge in [-0.25, -0.2) is 0 Å². The standard InChI is InChI=1S/C6H5BClO2/c8-10-7-9-6-4-2-1-3-5-6/h1-5H. The van der Waals surface area contributed by atoms with Gasteiger partial charge in [0.05, 0.1) is 0 Å². The largest absolute Gasteiger partial charge is 0.590 e. The molecule has 1 aromatic carbocycles. The molecule has 0 aliphatic rings. The molecule has 0 saturated carbocycles. The van der Waals surface area contributed by atoms with Crippen molar-refractivity contribution >= 4 is 19.6 Å². The third kappa shape index (κ3) is 2.29. The molecule has 0 aromatic heterocycles. The van der Waals surface area contributed by atoms with E-state index in [2.05, 4.69) is 4.21 Å². The molecule has 0 unspecified atom stereocenters. The zero-order valence-corrected chi connectivity index (χ0v) is 5.91. The lowest BCUT2D eigenvalue weighted by Gasteiger charge is -1.98. The second-order valence-electron chi connectivity index (χ2n) is 1.62. The van der Waals surface area contributed by atoms with Gasteiger partial charge in [0.15, 0.2) is 0 Å². The van der Waals surface area contributed by atoms with Gasteiger partial charge in [-0.05, 0) is 12.1 Å². The second kappa shape index (κ2) is 4.20. The molecule has 51 valence electrons. The Bertz CT molecular complexity index is 180. The Kier molecular flexibility index (Phi) is 3.12. The SMILES string of the molecule is ClO[B]Oc1ccccc1. The summed E-state index contributed by atoms with van der Waals surface area (Å²) in [5.74, 6) is 0.697. The Labute approximate surface area is 65.2 Å². The van der Waals surface area contributed by atoms with Gasteiger partial charge in [0.1, 0.15) is 5.75 Å². The lowest BCUT2D eigenvalue weighted by molar-refractivity contribution is 0.484. The molecule has 4 heteroatoms. The predicted octanol–water partition coefficient (Wildman–Crippen LogP) is 1.77. The summed E-state index contributed by atoms with van der Waals surface area (Å²) in [5, 5.41) is 0. The van der Waals surface area contributed by atoms with Crippen molar-refractivity contribution in [1.29, 1.82) is 0 Å². The van der Waals surface area contributed by atoms with Gasteiger partial charge in [-0.15, -0.1) is 0 Å². The van der Waals surface area contributed by atoms with Crippen LogP contribution in [0.25, 0.3) is 0 Å². The van der Waals surface area contributed by atoms with Gasteiger partial charge in [-0.1, -0.05) is 18.2 Å². The highest BCUT2D eigenvalue weighted by Crippen LogP contribution is 2.06. The summed E-state index contributed by atoms with van der Waals surface area (Å²) in [6.07, 6.45) is 0. The van der Waals surface area contributed by atoms with E-state index in [1.165, 1.54) is 0 Å². The number of rotatable bonds is 3. The molecule has 0 saturated heterocycles. The molecular formula is C6H5BClO2. The van der Waals surface area contributed by atoms with Gasteiger partial charge in [0.2, 0.25) is 0 Å². The van der Waals surface area contributed by atoms with Crippen LogP contribution in [0.2, 0.25) is 0 Å². The van der Waals surface area contributed by atoms with Crippen molar-refractivity contribution in [1.82, 2.24) is 0 Å². The van der Waals surface area contributed by atoms with Crippen LogP contribution < -0.4 is 4.65 Å². The predicted molar refractivity (Wildman–Crippen MR) is 39.8 cm³/mol. The quantitative estimate of drug-likeness (QED) is 0.619. The molecule has 1 radical (unpaired) electrons. The molecule has 1 rings (SSSR count). The summed E-state index contributed by atoms with van der Waals surface area (Å²) < 4.78 is 8.95. The highest BCUT2D eigenvalue weighted by molar-refractivity contribution is 6.31. The van der Waals surface area contributed by atoms with E-state index in [4.69, 9.17) is 16.5 Å². The molecule has 0 heterocycles. The topological polar surface area (TPSA) is 18.5 Å². The van der Waals surface area contributed by atoms with E-state index in [0.29, 0.717) is 5.75 Å². The van der Waals surface area contributed by atoms with Crippen molar-refractivity contribution in [3.63, 3.8) is 0 Å². The molecule has 0 aliphatic carbocycles. The average molecular weight is 155 g/mol. The van der Waals surface area contributed by atoms with E-state index >= 15 is 0 Å². The van der Waals surface area contributed by atoms with E-state index in [-0.39, 0.29) is 0 Å². The Morgan fingerprint density at radius 3 is 2.50 bits per heavy atom. The van der Waals surface area contributed by atoms with Gasteiger partial charge in [0.25, 0.3) is 0 Å². The first-order valence-electron chi connectivity index (χ1n) is 2.74. The minimum atomic E-state index is 0.697. The summed E-state index contributed by atoms with van der Waals surface area (Å²) in [6.45, 7) is 0. The van der Waals surface area contributed by atoms with Gasteiger partial charge < -0.3 is 4.65 Å². The van der Waals surface area contributed by atoms with Crippen LogP contribution in [0.3, 0.4) is 0 Å². The Morgan fingerprint density at radius 1 is 1.20 bits per heavy atom. The maximum atomic E-state index is 4.88. The summed E-state index contributed by atoms with van der Waals surface area (Å²) in [5.41, 5.74) is 0. The summed E-state index contributed by atoms with van der Waals surface area (Å²) in [4.78, 5) is 0. The first-order chi connectivity index (χ1) is 4.93. The number of hydrogen-bond donors (Lipinski definition) is 0. The van der Waals surface area contributed by atoms with Crippen LogP contribution >= 0.6 is 11.9 Å². The molecule has 0 N–H and O–H groups in total. The number of benzene rings is 1. The van der Waals surface area contributed by atoms with Crippen LogP contribution in [0.1, 0.15) is 0 Å². The third-order valence-electron chi connectivity index (χ3n) is 0.964. The molecular weight excluding hydrogens is 150 g/mol. The van der Waals surface area contributed by atoms with Gasteiger partial charge in [0, 0.05) is 11.9 Å². The summed E-state index contributed by atoms with van der Waals surface area (Å²) >= 11 is 4.87. The maximum Gasteiger partial charge on any atom is 0.590 e. The smallest absolute Gasteiger partial charge is 0.537 e. The summed E-state index contributed by atoms with van der Waals surface area (Å²) in [6, 6.07) is 9.21. The van der Waals surface area contributed by atoms with Crippen molar-refractivity contribution < 1.29 is 8.86 Å². The fourth-order valence-electron chi connectivity index (χ4n) is 0.573. The van der Waals surface area contributed by atoms with E-state index in [0.717, 1.165) is 7.69 Å². The highest BCUT2D eigenvalue weighted by Gasteiger charge is 1.93. The molecule has 0 bridgehead atoms. The molecule has 2 nitrogen and oxygen atoms in total. The lowest BCUT2D eigenvalue weighted by Crippen LogP contribution is -2.00. The number of halogens is 1. The van der Waals surface area contributed by atoms with Gasteiger partial charge in [-0.2, -0.15) is 0 Å². The van der Waals surface area contributed by atoms with Crippen LogP contribution in [0.5, 0.6) is 5.75 Å². The first kappa shape index (κ1) is 7.44. The highest BCUT2D eigenvalue weighted by atomic mass is 35.5. The van der Waals surface area contributed by atoms with E-state index in [9.17, 15) is 0 Å². The van der Waals surface area contributed by atoms with Crippen molar-refractivity contribution in [2.75, 3.05) is 0 Å². The van der Waals surface area contributed by atoms with Crippen LogP contribution in [0.4, 0.5) is 0 Å². The van der Waals surface area contributed by atoms with Crippen LogP contribution in [-0.4, -0.2) is 7.69 Å². The molecule has 1 aromatic rings. The van der Waals surface area contributed by atoms with E-state index in [1.807, 2.05) is 18.2 Å². The Hall–Kier alpha value is -0.665. The van der Waals surface area contributed by atoms with E-state index in [1.54, 1.807) is 12.1 Å². The Balaban J connectivity index is 2.43. The lowest BCUT2D eigenvalue weighted by atomic mass is 10.3. The minimum Gasteiger partial charge on any atom is -0.537 e. The zero-order chi connectivity index (χ0) is 7.23. The minimum absolute atomic E-state index is 0.697. The Morgan fingerprint density at radius 2 is 1.90 bits per heavy atom. The van der Waals surface area contributed by atoms with Crippen molar-refractivity contribution in [3.8, 4) is 5.75 Å². The molecule has 0 fully saturated rings. The third-order valence-corrected chi connectivity index (χ3v) is 1.04. The molecule has 0 spiro atoms. The molecule has 10 heavy (non-hydrogen) atoms. The molecule has 0 atom stereocenters. The van der Waals surface area contributed by atoms with Crippen molar-refractivity contribution in [3.05, 3.63) is 30.3 Å². The van der Waals surface area contributed by atoms with Crippen LogP contribution in [-0.2, 0) is 4.21 Å². The number of hydrogen-bond acceptors (Lipinski definition) is 2. The van der Waals surface area contributed by atoms with Crippen molar-refractivity contribution in [2.45, 2.75) is 0 Å².